The van der Waals surface area contributed by atoms with E-state index in [0.29, 0.717) is 13.1 Å². The third kappa shape index (κ3) is 2.76. The first kappa shape index (κ1) is 15.1. The molecule has 0 spiro atoms. The molecule has 1 aliphatic rings. The summed E-state index contributed by atoms with van der Waals surface area (Å²) in [6.45, 7) is 1.14. The zero-order valence-corrected chi connectivity index (χ0v) is 13.7. The maximum absolute atomic E-state index is 12.7. The first-order valence-corrected chi connectivity index (χ1v) is 8.96. The molecule has 3 rings (SSSR count). The lowest BCUT2D eigenvalue weighted by atomic mass is 9.97. The van der Waals surface area contributed by atoms with Crippen molar-refractivity contribution in [2.45, 2.75) is 17.9 Å². The topological polar surface area (TPSA) is 57.6 Å². The van der Waals surface area contributed by atoms with Crippen LogP contribution < -0.4 is 0 Å². The molecule has 0 radical (unpaired) electrons. The van der Waals surface area contributed by atoms with Crippen LogP contribution in [0.15, 0.2) is 34.5 Å². The highest BCUT2D eigenvalue weighted by Crippen LogP contribution is 2.29. The number of amides is 1. The summed E-state index contributed by atoms with van der Waals surface area (Å²) in [5.41, 5.74) is 2.33. The number of carboxylic acid groups (broad SMARTS) is 1. The number of carbonyl (C=O) groups is 2. The Morgan fingerprint density at radius 2 is 2.09 bits per heavy atom. The van der Waals surface area contributed by atoms with Gasteiger partial charge in [-0.1, -0.05) is 6.07 Å². The van der Waals surface area contributed by atoms with E-state index in [9.17, 15) is 9.59 Å². The van der Waals surface area contributed by atoms with Crippen LogP contribution in [0, 0.1) is 0 Å². The smallest absolute Gasteiger partial charge is 0.335 e. The molecule has 4 nitrogen and oxygen atoms in total. The second kappa shape index (κ2) is 6.14. The highest BCUT2D eigenvalue weighted by molar-refractivity contribution is 7.98. The number of hydrogen-bond donors (Lipinski definition) is 1. The van der Waals surface area contributed by atoms with Crippen molar-refractivity contribution in [3.63, 3.8) is 0 Å². The van der Waals surface area contributed by atoms with Crippen molar-refractivity contribution < 1.29 is 14.7 Å². The fraction of sp³-hybridized carbons (Fsp3) is 0.250. The van der Waals surface area contributed by atoms with E-state index in [4.69, 9.17) is 5.11 Å². The Labute approximate surface area is 136 Å². The molecule has 1 amide bonds. The van der Waals surface area contributed by atoms with Crippen LogP contribution in [0.5, 0.6) is 0 Å². The molecule has 1 N–H and O–H groups in total. The van der Waals surface area contributed by atoms with Gasteiger partial charge in [0.1, 0.15) is 4.88 Å². The zero-order valence-electron chi connectivity index (χ0n) is 12.0. The van der Waals surface area contributed by atoms with Crippen LogP contribution in [0.4, 0.5) is 0 Å². The van der Waals surface area contributed by atoms with Crippen molar-refractivity contribution >= 4 is 35.0 Å². The minimum atomic E-state index is -0.936. The Bertz CT molecular complexity index is 739. The number of fused-ring (bicyclic) bond motifs is 1. The third-order valence-corrected chi connectivity index (χ3v) is 5.61. The monoisotopic (exact) mass is 333 g/mol. The maximum atomic E-state index is 12.7. The average Bonchev–Trinajstić information content (AvgIpc) is 3.01. The van der Waals surface area contributed by atoms with E-state index in [1.54, 1.807) is 28.8 Å². The number of carboxylic acids is 1. The van der Waals surface area contributed by atoms with Gasteiger partial charge in [0.2, 0.25) is 0 Å². The van der Waals surface area contributed by atoms with Gasteiger partial charge in [0.25, 0.3) is 5.91 Å². The van der Waals surface area contributed by atoms with Crippen LogP contribution in [0.3, 0.4) is 0 Å². The van der Waals surface area contributed by atoms with Gasteiger partial charge in [0, 0.05) is 18.0 Å². The van der Waals surface area contributed by atoms with Crippen LogP contribution in [0.1, 0.15) is 31.2 Å². The summed E-state index contributed by atoms with van der Waals surface area (Å²) < 4.78 is 0. The highest BCUT2D eigenvalue weighted by Gasteiger charge is 2.24. The Kier molecular flexibility index (Phi) is 4.22. The van der Waals surface area contributed by atoms with Crippen LogP contribution >= 0.6 is 23.1 Å². The molecule has 1 aromatic heterocycles. The fourth-order valence-electron chi connectivity index (χ4n) is 2.62. The Hall–Kier alpha value is -1.79. The highest BCUT2D eigenvalue weighted by atomic mass is 32.2. The lowest BCUT2D eigenvalue weighted by molar-refractivity contribution is 0.0696. The Morgan fingerprint density at radius 1 is 1.27 bits per heavy atom. The van der Waals surface area contributed by atoms with Gasteiger partial charge in [0.05, 0.1) is 5.56 Å². The zero-order chi connectivity index (χ0) is 15.7. The Morgan fingerprint density at radius 3 is 2.82 bits per heavy atom. The average molecular weight is 333 g/mol. The van der Waals surface area contributed by atoms with Crippen molar-refractivity contribution in [1.29, 1.82) is 0 Å². The van der Waals surface area contributed by atoms with Crippen molar-refractivity contribution in [3.05, 3.63) is 51.2 Å². The quantitative estimate of drug-likeness (QED) is 0.875. The molecule has 2 aromatic rings. The van der Waals surface area contributed by atoms with Gasteiger partial charge in [0.15, 0.2) is 0 Å². The number of rotatable bonds is 3. The van der Waals surface area contributed by atoms with Crippen LogP contribution in [0.2, 0.25) is 0 Å². The van der Waals surface area contributed by atoms with Gasteiger partial charge in [-0.2, -0.15) is 0 Å². The molecule has 0 fully saturated rings. The van der Waals surface area contributed by atoms with E-state index in [-0.39, 0.29) is 11.5 Å². The summed E-state index contributed by atoms with van der Waals surface area (Å²) >= 11 is 3.03. The van der Waals surface area contributed by atoms with Crippen LogP contribution in [-0.4, -0.2) is 34.7 Å². The van der Waals surface area contributed by atoms with Gasteiger partial charge in [-0.3, -0.25) is 4.79 Å². The summed E-state index contributed by atoms with van der Waals surface area (Å²) in [7, 11) is 0. The first-order valence-electron chi connectivity index (χ1n) is 6.86. The molecule has 22 heavy (non-hydrogen) atoms. The molecule has 1 aliphatic heterocycles. The van der Waals surface area contributed by atoms with Crippen molar-refractivity contribution in [2.24, 2.45) is 0 Å². The van der Waals surface area contributed by atoms with E-state index < -0.39 is 5.97 Å². The molecule has 0 atom stereocenters. The molecular formula is C16H15NO3S2. The number of benzene rings is 1. The van der Waals surface area contributed by atoms with E-state index in [2.05, 4.69) is 0 Å². The van der Waals surface area contributed by atoms with Crippen molar-refractivity contribution in [1.82, 2.24) is 4.90 Å². The molecule has 6 heteroatoms. The molecule has 0 unspecified atom stereocenters. The normalized spacial score (nSPS) is 13.8. The molecule has 0 aliphatic carbocycles. The van der Waals surface area contributed by atoms with Crippen molar-refractivity contribution in [2.75, 3.05) is 12.8 Å². The molecule has 114 valence electrons. The number of aromatic carboxylic acids is 1. The number of carbonyl (C=O) groups excluding carboxylic acids is 1. The second-order valence-corrected chi connectivity index (χ2v) is 6.85. The predicted octanol–water partition coefficient (Wildman–Crippen LogP) is 3.37. The summed E-state index contributed by atoms with van der Waals surface area (Å²) in [5.74, 6) is -0.903. The van der Waals surface area contributed by atoms with E-state index in [1.165, 1.54) is 11.3 Å². The number of hydrogen-bond acceptors (Lipinski definition) is 4. The minimum absolute atomic E-state index is 0.0331. The number of thioether (sulfide) groups is 1. The molecule has 2 heterocycles. The second-order valence-electron chi connectivity index (χ2n) is 5.08. The molecule has 0 saturated heterocycles. The minimum Gasteiger partial charge on any atom is -0.478 e. The van der Waals surface area contributed by atoms with Gasteiger partial charge < -0.3 is 10.0 Å². The van der Waals surface area contributed by atoms with E-state index in [1.807, 2.05) is 23.8 Å². The van der Waals surface area contributed by atoms with Gasteiger partial charge >= 0.3 is 5.97 Å². The molecular weight excluding hydrogens is 318 g/mol. The first-order chi connectivity index (χ1) is 10.6. The van der Waals surface area contributed by atoms with E-state index >= 15 is 0 Å². The summed E-state index contributed by atoms with van der Waals surface area (Å²) in [6.07, 6.45) is 2.73. The predicted molar refractivity (Wildman–Crippen MR) is 87.9 cm³/mol. The SMILES string of the molecule is CSc1ccsc1C(=O)N1CCc2ccc(C(=O)O)cc2C1. The lowest BCUT2D eigenvalue weighted by Gasteiger charge is -2.29. The summed E-state index contributed by atoms with van der Waals surface area (Å²) in [4.78, 5) is 27.3. The summed E-state index contributed by atoms with van der Waals surface area (Å²) in [6, 6.07) is 7.13. The van der Waals surface area contributed by atoms with Crippen LogP contribution in [-0.2, 0) is 13.0 Å². The molecule has 0 saturated carbocycles. The van der Waals surface area contributed by atoms with E-state index in [0.717, 1.165) is 27.3 Å². The van der Waals surface area contributed by atoms with Gasteiger partial charge in [-0.25, -0.2) is 4.79 Å². The fourth-order valence-corrected chi connectivity index (χ4v) is 4.33. The maximum Gasteiger partial charge on any atom is 0.335 e. The third-order valence-electron chi connectivity index (χ3n) is 3.80. The molecule has 0 bridgehead atoms. The molecule has 1 aromatic carbocycles. The number of nitrogens with zero attached hydrogens (tertiary/aromatic N) is 1. The van der Waals surface area contributed by atoms with Gasteiger partial charge in [-0.05, 0) is 47.4 Å². The van der Waals surface area contributed by atoms with Crippen LogP contribution in [0.25, 0.3) is 0 Å². The summed E-state index contributed by atoms with van der Waals surface area (Å²) in [5, 5.41) is 11.0. The van der Waals surface area contributed by atoms with Gasteiger partial charge in [-0.15, -0.1) is 23.1 Å². The number of thiophene rings is 1. The Balaban J connectivity index is 1.86. The standard InChI is InChI=1S/C16H15NO3S2/c1-21-13-5-7-22-14(13)15(18)17-6-4-10-2-3-11(16(19)20)8-12(10)9-17/h2-3,5,7-8H,4,6,9H2,1H3,(H,19,20). The lowest BCUT2D eigenvalue weighted by Crippen LogP contribution is -2.35. The van der Waals surface area contributed by atoms with Crippen molar-refractivity contribution in [3.8, 4) is 0 Å². The largest absolute Gasteiger partial charge is 0.478 e.